The van der Waals surface area contributed by atoms with Gasteiger partial charge in [0.25, 0.3) is 0 Å². The number of carbonyl (C=O) groups is 2. The van der Waals surface area contributed by atoms with Crippen LogP contribution in [0.1, 0.15) is 46.0 Å². The Bertz CT molecular complexity index is 2430. The SMILES string of the molecule is CCCNC(=O)N1CCC[C@H](Nc2nc(-c3c[nH]c4ncc(Cl)cc34)ncc2F)C1.CCNC(=O)N1CCC[C@H](Nc2nc(-c3c[nH]c4ncc(Cl)cc34)ncc2F)C1. The molecule has 0 aliphatic carbocycles. The molecule has 2 fully saturated rings. The monoisotopic (exact) mass is 848 g/mol. The molecule has 0 bridgehead atoms. The van der Waals surface area contributed by atoms with Gasteiger partial charge in [0.2, 0.25) is 0 Å². The molecule has 2 atom stereocenters. The van der Waals surface area contributed by atoms with E-state index in [0.717, 1.165) is 55.3 Å². The Morgan fingerprint density at radius 3 is 1.66 bits per heavy atom. The maximum atomic E-state index is 14.4. The van der Waals surface area contributed by atoms with Crippen molar-refractivity contribution >= 4 is 69.0 Å². The number of H-pyrrole nitrogens is 2. The molecule has 2 saturated heterocycles. The number of piperidine rings is 2. The number of aromatic nitrogens is 8. The summed E-state index contributed by atoms with van der Waals surface area (Å²) >= 11 is 12.1. The number of halogens is 4. The Hall–Kier alpha value is -5.88. The first kappa shape index (κ1) is 41.3. The first-order valence-electron chi connectivity index (χ1n) is 19.5. The van der Waals surface area contributed by atoms with Crippen LogP contribution in [0, 0.1) is 11.6 Å². The van der Waals surface area contributed by atoms with Gasteiger partial charge >= 0.3 is 12.1 Å². The number of hydrogen-bond donors (Lipinski definition) is 6. The van der Waals surface area contributed by atoms with Gasteiger partial charge < -0.3 is 41.0 Å². The second-order valence-electron chi connectivity index (χ2n) is 14.2. The third kappa shape index (κ3) is 9.88. The first-order valence-corrected chi connectivity index (χ1v) is 20.2. The van der Waals surface area contributed by atoms with Gasteiger partial charge in [-0.1, -0.05) is 30.1 Å². The molecule has 6 aromatic rings. The number of rotatable bonds is 9. The van der Waals surface area contributed by atoms with Crippen LogP contribution in [0.5, 0.6) is 0 Å². The topological polar surface area (TPSA) is 198 Å². The van der Waals surface area contributed by atoms with E-state index in [2.05, 4.69) is 61.1 Å². The number of likely N-dealkylation sites (tertiary alicyclic amines) is 2. The molecule has 0 saturated carbocycles. The Labute approximate surface area is 348 Å². The van der Waals surface area contributed by atoms with Crippen molar-refractivity contribution in [2.75, 3.05) is 49.9 Å². The number of amides is 4. The maximum absolute atomic E-state index is 14.4. The van der Waals surface area contributed by atoms with Crippen molar-refractivity contribution in [3.8, 4) is 22.8 Å². The highest BCUT2D eigenvalue weighted by molar-refractivity contribution is 6.31. The van der Waals surface area contributed by atoms with Gasteiger partial charge in [-0.2, -0.15) is 0 Å². The first-order chi connectivity index (χ1) is 28.6. The fraction of sp³-hybridized carbons (Fsp3) is 0.385. The van der Waals surface area contributed by atoms with Gasteiger partial charge in [0.1, 0.15) is 11.3 Å². The summed E-state index contributed by atoms with van der Waals surface area (Å²) in [5.41, 5.74) is 2.67. The van der Waals surface area contributed by atoms with E-state index in [4.69, 9.17) is 23.2 Å². The molecule has 8 rings (SSSR count). The molecular weight excluding hydrogens is 805 g/mol. The minimum absolute atomic E-state index is 0.0876. The van der Waals surface area contributed by atoms with E-state index in [1.807, 2.05) is 13.8 Å². The maximum Gasteiger partial charge on any atom is 0.317 e. The molecule has 4 amide bonds. The van der Waals surface area contributed by atoms with E-state index in [1.54, 1.807) is 46.7 Å². The molecule has 0 aromatic carbocycles. The average molecular weight is 850 g/mol. The van der Waals surface area contributed by atoms with Crippen molar-refractivity contribution in [3.05, 3.63) is 71.0 Å². The number of fused-ring (bicyclic) bond motifs is 2. The minimum Gasteiger partial charge on any atom is -0.363 e. The van der Waals surface area contributed by atoms with Gasteiger partial charge in [-0.15, -0.1) is 0 Å². The lowest BCUT2D eigenvalue weighted by atomic mass is 10.1. The molecule has 0 spiro atoms. The van der Waals surface area contributed by atoms with E-state index in [1.165, 1.54) is 0 Å². The molecule has 0 unspecified atom stereocenters. The van der Waals surface area contributed by atoms with E-state index in [9.17, 15) is 18.4 Å². The van der Waals surface area contributed by atoms with Crippen molar-refractivity contribution in [2.24, 2.45) is 0 Å². The lowest BCUT2D eigenvalue weighted by Gasteiger charge is -2.33. The van der Waals surface area contributed by atoms with Crippen molar-refractivity contribution in [3.63, 3.8) is 0 Å². The molecular formula is C39H44Cl2F2N14O2. The molecule has 20 heteroatoms. The highest BCUT2D eigenvalue weighted by Gasteiger charge is 2.26. The molecule has 59 heavy (non-hydrogen) atoms. The zero-order chi connectivity index (χ0) is 41.5. The highest BCUT2D eigenvalue weighted by atomic mass is 35.5. The van der Waals surface area contributed by atoms with Crippen LogP contribution in [0.3, 0.4) is 0 Å². The minimum atomic E-state index is -0.542. The molecule has 6 N–H and O–H groups in total. The summed E-state index contributed by atoms with van der Waals surface area (Å²) in [6.45, 7) is 7.44. The molecule has 0 radical (unpaired) electrons. The summed E-state index contributed by atoms with van der Waals surface area (Å²) in [5, 5.41) is 14.5. The lowest BCUT2D eigenvalue weighted by Crippen LogP contribution is -2.49. The van der Waals surface area contributed by atoms with Gasteiger partial charge in [-0.3, -0.25) is 0 Å². The van der Waals surface area contributed by atoms with Crippen molar-refractivity contribution in [1.82, 2.24) is 60.3 Å². The van der Waals surface area contributed by atoms with Gasteiger partial charge in [0.05, 0.1) is 22.4 Å². The summed E-state index contributed by atoms with van der Waals surface area (Å²) < 4.78 is 28.8. The van der Waals surface area contributed by atoms with E-state index < -0.39 is 11.6 Å². The number of nitrogens with one attached hydrogen (secondary N) is 6. The summed E-state index contributed by atoms with van der Waals surface area (Å²) in [6.07, 6.45) is 13.0. The van der Waals surface area contributed by atoms with Gasteiger partial charge in [0.15, 0.2) is 34.9 Å². The third-order valence-electron chi connectivity index (χ3n) is 9.92. The molecule has 310 valence electrons. The average Bonchev–Trinajstić information content (AvgIpc) is 3.86. The molecule has 8 heterocycles. The molecule has 6 aromatic heterocycles. The number of aromatic amines is 2. The number of anilines is 2. The van der Waals surface area contributed by atoms with Crippen LogP contribution in [0.25, 0.3) is 44.8 Å². The van der Waals surface area contributed by atoms with Crippen molar-refractivity contribution in [2.45, 2.75) is 58.0 Å². The molecule has 16 nitrogen and oxygen atoms in total. The second kappa shape index (κ2) is 18.8. The molecule has 2 aliphatic rings. The van der Waals surface area contributed by atoms with Crippen molar-refractivity contribution in [1.29, 1.82) is 0 Å². The van der Waals surface area contributed by atoms with Crippen LogP contribution in [-0.4, -0.2) is 113 Å². The standard InChI is InChI=1S/C20H23ClFN7O.C19H21ClFN7O/c1-2-5-23-20(30)29-6-3-4-13(11-29)27-19-16(22)10-26-18(28-19)15-9-25-17-14(15)7-12(21)8-24-17;1-2-22-19(29)28-5-3-4-12(10-28)26-18-15(21)9-25-17(27-18)14-8-24-16-13(14)6-11(20)7-23-16/h7-10,13H,2-6,11H2,1H3,(H,23,30)(H,24,25)(H,26,27,28);6-9,12H,2-5,10H2,1H3,(H,22,29)(H,23,24)(H,25,26,27)/t13-;12-/m00/s1. The summed E-state index contributed by atoms with van der Waals surface area (Å²) in [6, 6.07) is 3.15. The second-order valence-corrected chi connectivity index (χ2v) is 15.1. The lowest BCUT2D eigenvalue weighted by molar-refractivity contribution is 0.182. The predicted octanol–water partition coefficient (Wildman–Crippen LogP) is 7.23. The fourth-order valence-electron chi connectivity index (χ4n) is 7.07. The Morgan fingerprint density at radius 2 is 1.20 bits per heavy atom. The van der Waals surface area contributed by atoms with Crippen LogP contribution < -0.4 is 21.3 Å². The fourth-order valence-corrected chi connectivity index (χ4v) is 7.39. The van der Waals surface area contributed by atoms with Gasteiger partial charge in [0, 0.05) is 98.0 Å². The van der Waals surface area contributed by atoms with Crippen LogP contribution in [0.2, 0.25) is 10.0 Å². The van der Waals surface area contributed by atoms with E-state index >= 15 is 0 Å². The Balaban J connectivity index is 0.000000179. The Kier molecular flexibility index (Phi) is 13.2. The summed E-state index contributed by atoms with van der Waals surface area (Å²) in [7, 11) is 0. The number of hydrogen-bond acceptors (Lipinski definition) is 10. The largest absolute Gasteiger partial charge is 0.363 e. The van der Waals surface area contributed by atoms with Crippen LogP contribution in [-0.2, 0) is 0 Å². The quantitative estimate of drug-likeness (QED) is 0.0864. The Morgan fingerprint density at radius 1 is 0.729 bits per heavy atom. The molecule has 2 aliphatic heterocycles. The van der Waals surface area contributed by atoms with Crippen LogP contribution >= 0.6 is 23.2 Å². The number of pyridine rings is 2. The normalized spacial score (nSPS) is 16.7. The smallest absolute Gasteiger partial charge is 0.317 e. The summed E-state index contributed by atoms with van der Waals surface area (Å²) in [4.78, 5) is 59.4. The third-order valence-corrected chi connectivity index (χ3v) is 10.3. The van der Waals surface area contributed by atoms with Crippen LogP contribution in [0.4, 0.5) is 30.0 Å². The highest BCUT2D eigenvalue weighted by Crippen LogP contribution is 2.30. The van der Waals surface area contributed by atoms with Crippen molar-refractivity contribution < 1.29 is 18.4 Å². The zero-order valence-electron chi connectivity index (χ0n) is 32.5. The van der Waals surface area contributed by atoms with Gasteiger partial charge in [-0.25, -0.2) is 48.3 Å². The number of nitrogens with zero attached hydrogens (tertiary/aromatic N) is 8. The predicted molar refractivity (Wildman–Crippen MR) is 223 cm³/mol. The van der Waals surface area contributed by atoms with Gasteiger partial charge in [-0.05, 0) is 51.2 Å². The van der Waals surface area contributed by atoms with Crippen LogP contribution in [0.15, 0.2) is 49.3 Å². The van der Waals surface area contributed by atoms with E-state index in [0.29, 0.717) is 83.4 Å². The number of carbonyl (C=O) groups excluding carboxylic acids is 2. The summed E-state index contributed by atoms with van der Waals surface area (Å²) in [5.74, 6) is -0.127. The zero-order valence-corrected chi connectivity index (χ0v) is 34.0. The van der Waals surface area contributed by atoms with E-state index in [-0.39, 0.29) is 35.8 Å². The number of urea groups is 2.